The fourth-order valence-corrected chi connectivity index (χ4v) is 3.45. The molecule has 4 nitrogen and oxygen atoms in total. The van der Waals surface area contributed by atoms with Gasteiger partial charge in [-0.3, -0.25) is 4.79 Å². The molecule has 4 heteroatoms. The van der Waals surface area contributed by atoms with Gasteiger partial charge in [-0.15, -0.1) is 0 Å². The maximum absolute atomic E-state index is 11.4. The summed E-state index contributed by atoms with van der Waals surface area (Å²) < 4.78 is 5.52. The van der Waals surface area contributed by atoms with Gasteiger partial charge >= 0.3 is 5.97 Å². The van der Waals surface area contributed by atoms with E-state index in [1.165, 1.54) is 18.4 Å². The van der Waals surface area contributed by atoms with Gasteiger partial charge in [0.05, 0.1) is 11.6 Å². The van der Waals surface area contributed by atoms with Gasteiger partial charge in [-0.1, -0.05) is 18.0 Å². The quantitative estimate of drug-likeness (QED) is 0.875. The van der Waals surface area contributed by atoms with Gasteiger partial charge in [-0.05, 0) is 38.5 Å². The summed E-state index contributed by atoms with van der Waals surface area (Å²) >= 11 is 0. The molecule has 1 fully saturated rings. The molecule has 2 aliphatic carbocycles. The minimum absolute atomic E-state index is 0.0469. The van der Waals surface area contributed by atoms with Crippen molar-refractivity contribution >= 4 is 5.97 Å². The molecule has 2 aliphatic rings. The van der Waals surface area contributed by atoms with Crippen LogP contribution in [-0.2, 0) is 17.6 Å². The highest BCUT2D eigenvalue weighted by molar-refractivity contribution is 5.71. The predicted octanol–water partition coefficient (Wildman–Crippen LogP) is 2.91. The molecule has 0 spiro atoms. The molecule has 0 amide bonds. The minimum atomic E-state index is -0.680. The molecule has 1 N–H and O–H groups in total. The summed E-state index contributed by atoms with van der Waals surface area (Å²) in [5.74, 6) is -0.0271. The predicted molar refractivity (Wildman–Crippen MR) is 65.5 cm³/mol. The Kier molecular flexibility index (Phi) is 3.10. The number of fused-ring (bicyclic) bond motifs is 1. The molecule has 0 aliphatic heterocycles. The summed E-state index contributed by atoms with van der Waals surface area (Å²) in [7, 11) is 0. The van der Waals surface area contributed by atoms with Gasteiger partial charge in [-0.25, -0.2) is 0 Å². The average Bonchev–Trinajstić information content (AvgIpc) is 2.82. The molecule has 1 heterocycles. The molecular weight excluding hydrogens is 230 g/mol. The Morgan fingerprint density at radius 1 is 1.17 bits per heavy atom. The lowest BCUT2D eigenvalue weighted by molar-refractivity contribution is -0.143. The highest BCUT2D eigenvalue weighted by Gasteiger charge is 2.36. The van der Waals surface area contributed by atoms with E-state index in [2.05, 4.69) is 5.16 Å². The Morgan fingerprint density at radius 3 is 2.78 bits per heavy atom. The van der Waals surface area contributed by atoms with E-state index in [0.717, 1.165) is 50.0 Å². The maximum atomic E-state index is 11.4. The number of carbonyl (C=O) groups is 1. The highest BCUT2D eigenvalue weighted by atomic mass is 16.5. The molecule has 0 saturated heterocycles. The fourth-order valence-electron chi connectivity index (χ4n) is 3.45. The zero-order valence-electron chi connectivity index (χ0n) is 10.5. The van der Waals surface area contributed by atoms with Crippen molar-refractivity contribution in [2.75, 3.05) is 0 Å². The van der Waals surface area contributed by atoms with Crippen molar-refractivity contribution in [3.05, 3.63) is 17.0 Å². The topological polar surface area (TPSA) is 63.3 Å². The number of carboxylic acids is 1. The lowest BCUT2D eigenvalue weighted by atomic mass is 9.76. The van der Waals surface area contributed by atoms with Crippen molar-refractivity contribution in [3.63, 3.8) is 0 Å². The highest BCUT2D eigenvalue weighted by Crippen LogP contribution is 2.41. The number of aromatic nitrogens is 1. The van der Waals surface area contributed by atoms with Crippen LogP contribution in [0.1, 0.15) is 61.5 Å². The largest absolute Gasteiger partial charge is 0.481 e. The summed E-state index contributed by atoms with van der Waals surface area (Å²) in [6, 6.07) is 0. The molecule has 1 saturated carbocycles. The third-order valence-electron chi connectivity index (χ3n) is 4.41. The van der Waals surface area contributed by atoms with Gasteiger partial charge in [0.2, 0.25) is 0 Å². The van der Waals surface area contributed by atoms with Gasteiger partial charge in [0.1, 0.15) is 5.76 Å². The van der Waals surface area contributed by atoms with Crippen molar-refractivity contribution in [3.8, 4) is 0 Å². The Hall–Kier alpha value is -1.32. The molecule has 18 heavy (non-hydrogen) atoms. The summed E-state index contributed by atoms with van der Waals surface area (Å²) in [6.45, 7) is 0. The van der Waals surface area contributed by atoms with Gasteiger partial charge in [0.25, 0.3) is 0 Å². The first kappa shape index (κ1) is 11.8. The molecule has 0 radical (unpaired) electrons. The molecule has 1 aromatic heterocycles. The molecule has 1 aromatic rings. The molecule has 2 unspecified atom stereocenters. The molecule has 3 rings (SSSR count). The van der Waals surface area contributed by atoms with Crippen molar-refractivity contribution in [2.45, 2.75) is 57.3 Å². The standard InChI is InChI=1S/C14H19NO3/c16-14(17)10-6-2-1-5-9(10)13-11-7-3-4-8-12(11)15-18-13/h9-10H,1-8H2,(H,16,17). The summed E-state index contributed by atoms with van der Waals surface area (Å²) in [6.07, 6.45) is 8.17. The number of hydrogen-bond acceptors (Lipinski definition) is 3. The van der Waals surface area contributed by atoms with E-state index < -0.39 is 5.97 Å². The normalized spacial score (nSPS) is 27.8. The van der Waals surface area contributed by atoms with Gasteiger partial charge in [-0.2, -0.15) is 0 Å². The number of nitrogens with zero attached hydrogens (tertiary/aromatic N) is 1. The van der Waals surface area contributed by atoms with Crippen LogP contribution in [0, 0.1) is 5.92 Å². The summed E-state index contributed by atoms with van der Waals surface area (Å²) in [5, 5.41) is 13.5. The van der Waals surface area contributed by atoms with Crippen LogP contribution in [-0.4, -0.2) is 16.2 Å². The second-order valence-corrected chi connectivity index (χ2v) is 5.51. The zero-order chi connectivity index (χ0) is 12.5. The van der Waals surface area contributed by atoms with E-state index in [-0.39, 0.29) is 11.8 Å². The number of hydrogen-bond donors (Lipinski definition) is 1. The van der Waals surface area contributed by atoms with Crippen molar-refractivity contribution in [2.24, 2.45) is 5.92 Å². The Labute approximate surface area is 106 Å². The lowest BCUT2D eigenvalue weighted by Crippen LogP contribution is -2.26. The van der Waals surface area contributed by atoms with Crippen LogP contribution >= 0.6 is 0 Å². The van der Waals surface area contributed by atoms with Crippen LogP contribution in [0.3, 0.4) is 0 Å². The van der Waals surface area contributed by atoms with Crippen LogP contribution in [0.5, 0.6) is 0 Å². The van der Waals surface area contributed by atoms with Crippen molar-refractivity contribution in [1.82, 2.24) is 5.16 Å². The first-order valence-electron chi connectivity index (χ1n) is 6.97. The zero-order valence-corrected chi connectivity index (χ0v) is 10.5. The lowest BCUT2D eigenvalue weighted by Gasteiger charge is -2.27. The second kappa shape index (κ2) is 4.75. The third-order valence-corrected chi connectivity index (χ3v) is 4.41. The van der Waals surface area contributed by atoms with Crippen LogP contribution in [0.2, 0.25) is 0 Å². The number of carboxylic acid groups (broad SMARTS) is 1. The molecular formula is C14H19NO3. The second-order valence-electron chi connectivity index (χ2n) is 5.51. The van der Waals surface area contributed by atoms with Crippen LogP contribution in [0.15, 0.2) is 4.52 Å². The number of aryl methyl sites for hydroxylation is 1. The van der Waals surface area contributed by atoms with E-state index in [9.17, 15) is 9.90 Å². The third kappa shape index (κ3) is 1.93. The van der Waals surface area contributed by atoms with Crippen molar-refractivity contribution in [1.29, 1.82) is 0 Å². The van der Waals surface area contributed by atoms with Gasteiger partial charge in [0.15, 0.2) is 0 Å². The molecule has 2 atom stereocenters. The van der Waals surface area contributed by atoms with Crippen LogP contribution in [0.25, 0.3) is 0 Å². The maximum Gasteiger partial charge on any atom is 0.307 e. The van der Waals surface area contributed by atoms with Crippen LogP contribution in [0.4, 0.5) is 0 Å². The van der Waals surface area contributed by atoms with E-state index >= 15 is 0 Å². The Morgan fingerprint density at radius 2 is 1.94 bits per heavy atom. The van der Waals surface area contributed by atoms with Crippen LogP contribution < -0.4 is 0 Å². The van der Waals surface area contributed by atoms with E-state index in [1.807, 2.05) is 0 Å². The SMILES string of the molecule is O=C(O)C1CCCCC1c1onc2c1CCCC2. The Balaban J connectivity index is 1.92. The van der Waals surface area contributed by atoms with E-state index in [1.54, 1.807) is 0 Å². The minimum Gasteiger partial charge on any atom is -0.481 e. The first-order chi connectivity index (χ1) is 8.77. The van der Waals surface area contributed by atoms with E-state index in [0.29, 0.717) is 0 Å². The van der Waals surface area contributed by atoms with Gasteiger partial charge < -0.3 is 9.63 Å². The Bertz CT molecular complexity index is 452. The molecule has 0 bridgehead atoms. The number of aliphatic carboxylic acids is 1. The molecule has 98 valence electrons. The van der Waals surface area contributed by atoms with Gasteiger partial charge in [0, 0.05) is 11.5 Å². The van der Waals surface area contributed by atoms with Crippen molar-refractivity contribution < 1.29 is 14.4 Å². The fraction of sp³-hybridized carbons (Fsp3) is 0.714. The monoisotopic (exact) mass is 249 g/mol. The smallest absolute Gasteiger partial charge is 0.307 e. The average molecular weight is 249 g/mol. The summed E-state index contributed by atoms with van der Waals surface area (Å²) in [5.41, 5.74) is 2.30. The molecule has 0 aromatic carbocycles. The first-order valence-corrected chi connectivity index (χ1v) is 6.97. The number of rotatable bonds is 2. The van der Waals surface area contributed by atoms with E-state index in [4.69, 9.17) is 4.52 Å². The summed E-state index contributed by atoms with van der Waals surface area (Å²) in [4.78, 5) is 11.4.